The van der Waals surface area contributed by atoms with E-state index in [-0.39, 0.29) is 0 Å². The summed E-state index contributed by atoms with van der Waals surface area (Å²) in [6.45, 7) is 6.12. The van der Waals surface area contributed by atoms with E-state index in [0.29, 0.717) is 19.6 Å². The highest BCUT2D eigenvalue weighted by atomic mass is 16.5. The molecule has 0 bridgehead atoms. The molecule has 155 valence electrons. The molecule has 1 heterocycles. The van der Waals surface area contributed by atoms with Crippen molar-refractivity contribution < 1.29 is 19.4 Å². The van der Waals surface area contributed by atoms with E-state index in [4.69, 9.17) is 14.6 Å². The van der Waals surface area contributed by atoms with Crippen molar-refractivity contribution >= 4 is 5.97 Å². The molecule has 3 rings (SSSR count). The third kappa shape index (κ3) is 6.79. The normalized spacial score (nSPS) is 15.2. The molecule has 0 amide bonds. The van der Waals surface area contributed by atoms with Crippen molar-refractivity contribution in [2.75, 3.05) is 32.8 Å². The highest BCUT2D eigenvalue weighted by molar-refractivity contribution is 5.69. The third-order valence-electron chi connectivity index (χ3n) is 5.31. The van der Waals surface area contributed by atoms with E-state index in [0.717, 1.165) is 35.6 Å². The number of nitrogens with zero attached hydrogens (tertiary/aromatic N) is 1. The number of hydrogen-bond acceptors (Lipinski definition) is 4. The van der Waals surface area contributed by atoms with Gasteiger partial charge in [-0.15, -0.1) is 0 Å². The first kappa shape index (κ1) is 21.2. The van der Waals surface area contributed by atoms with Gasteiger partial charge in [-0.1, -0.05) is 31.2 Å². The number of ether oxygens (including phenoxy) is 2. The average Bonchev–Trinajstić information content (AvgIpc) is 3.24. The Morgan fingerprint density at radius 1 is 1.14 bits per heavy atom. The van der Waals surface area contributed by atoms with Gasteiger partial charge in [-0.25, -0.2) is 0 Å². The van der Waals surface area contributed by atoms with Crippen LogP contribution in [0.25, 0.3) is 0 Å². The van der Waals surface area contributed by atoms with Crippen molar-refractivity contribution in [2.45, 2.75) is 32.6 Å². The summed E-state index contributed by atoms with van der Waals surface area (Å²) in [5.41, 5.74) is 2.21. The maximum absolute atomic E-state index is 10.8. The van der Waals surface area contributed by atoms with Crippen molar-refractivity contribution in [3.05, 3.63) is 59.7 Å². The van der Waals surface area contributed by atoms with E-state index >= 15 is 0 Å². The fourth-order valence-corrected chi connectivity index (χ4v) is 3.40. The van der Waals surface area contributed by atoms with Crippen LogP contribution in [0.1, 0.15) is 37.3 Å². The van der Waals surface area contributed by atoms with Crippen LogP contribution < -0.4 is 9.47 Å². The zero-order chi connectivity index (χ0) is 20.5. The van der Waals surface area contributed by atoms with Gasteiger partial charge in [0.2, 0.25) is 0 Å². The van der Waals surface area contributed by atoms with Gasteiger partial charge >= 0.3 is 5.97 Å². The zero-order valence-electron chi connectivity index (χ0n) is 17.1. The second-order valence-corrected chi connectivity index (χ2v) is 7.61. The van der Waals surface area contributed by atoms with Crippen LogP contribution in [-0.2, 0) is 11.2 Å². The lowest BCUT2D eigenvalue weighted by Gasteiger charge is -2.16. The first-order valence-corrected chi connectivity index (χ1v) is 10.4. The Balaban J connectivity index is 1.49. The van der Waals surface area contributed by atoms with E-state index in [1.807, 2.05) is 42.5 Å². The molecule has 1 radical (unpaired) electrons. The Morgan fingerprint density at radius 3 is 2.62 bits per heavy atom. The molecule has 1 aliphatic heterocycles. The summed E-state index contributed by atoms with van der Waals surface area (Å²) in [6, 6.07) is 17.1. The minimum atomic E-state index is -0.790. The molecule has 1 unspecified atom stereocenters. The van der Waals surface area contributed by atoms with E-state index in [1.165, 1.54) is 25.9 Å². The van der Waals surface area contributed by atoms with Crippen molar-refractivity contribution in [2.24, 2.45) is 5.92 Å². The molecule has 1 fully saturated rings. The molecular weight excluding hydrogens is 366 g/mol. The standard InChI is InChI=1S/C24H30NO4/c1-19(24(26)27)12-16-28-22-10-8-20(9-11-22)18-21-6-2-3-7-23(21)29-17-15-25-13-4-5-14-25/h2-3,7-11,19H,4-5,12-18H2,1H3,(H,26,27). The predicted molar refractivity (Wildman–Crippen MR) is 113 cm³/mol. The number of carboxylic acid groups (broad SMARTS) is 1. The van der Waals surface area contributed by atoms with E-state index in [1.54, 1.807) is 6.92 Å². The van der Waals surface area contributed by atoms with Gasteiger partial charge in [-0.2, -0.15) is 0 Å². The smallest absolute Gasteiger partial charge is 0.306 e. The number of hydrogen-bond donors (Lipinski definition) is 1. The molecular formula is C24H30NO4. The van der Waals surface area contributed by atoms with Crippen LogP contribution in [0.4, 0.5) is 0 Å². The van der Waals surface area contributed by atoms with Crippen LogP contribution in [0.3, 0.4) is 0 Å². The monoisotopic (exact) mass is 396 g/mol. The van der Waals surface area contributed by atoms with Crippen LogP contribution >= 0.6 is 0 Å². The lowest BCUT2D eigenvalue weighted by Crippen LogP contribution is -2.25. The highest BCUT2D eigenvalue weighted by Crippen LogP contribution is 2.23. The molecule has 0 saturated carbocycles. The summed E-state index contributed by atoms with van der Waals surface area (Å²) in [7, 11) is 0. The van der Waals surface area contributed by atoms with Crippen molar-refractivity contribution in [1.82, 2.24) is 4.90 Å². The predicted octanol–water partition coefficient (Wildman–Crippen LogP) is 4.04. The maximum atomic E-state index is 10.8. The maximum Gasteiger partial charge on any atom is 0.306 e. The first-order valence-electron chi connectivity index (χ1n) is 10.4. The molecule has 1 saturated heterocycles. The van der Waals surface area contributed by atoms with Gasteiger partial charge in [0.25, 0.3) is 0 Å². The lowest BCUT2D eigenvalue weighted by molar-refractivity contribution is -0.141. The number of carboxylic acids is 1. The third-order valence-corrected chi connectivity index (χ3v) is 5.31. The number of rotatable bonds is 11. The number of aliphatic carboxylic acids is 1. The minimum Gasteiger partial charge on any atom is -0.494 e. The Kier molecular flexibility index (Phi) is 7.94. The van der Waals surface area contributed by atoms with E-state index in [9.17, 15) is 4.79 Å². The summed E-state index contributed by atoms with van der Waals surface area (Å²) >= 11 is 0. The van der Waals surface area contributed by atoms with Gasteiger partial charge in [0, 0.05) is 18.5 Å². The molecule has 0 spiro atoms. The molecule has 1 atom stereocenters. The molecule has 2 aromatic rings. The van der Waals surface area contributed by atoms with Gasteiger partial charge in [-0.05, 0) is 62.2 Å². The highest BCUT2D eigenvalue weighted by Gasteiger charge is 2.12. The summed E-state index contributed by atoms with van der Waals surface area (Å²) < 4.78 is 11.7. The number of carbonyl (C=O) groups is 1. The Morgan fingerprint density at radius 2 is 1.90 bits per heavy atom. The largest absolute Gasteiger partial charge is 0.494 e. The molecule has 1 N–H and O–H groups in total. The number of benzene rings is 2. The quantitative estimate of drug-likeness (QED) is 0.621. The lowest BCUT2D eigenvalue weighted by atomic mass is 10.0. The molecule has 1 aliphatic rings. The summed E-state index contributed by atoms with van der Waals surface area (Å²) in [5.74, 6) is 0.466. The molecule has 2 aromatic carbocycles. The van der Waals surface area contributed by atoms with E-state index in [2.05, 4.69) is 11.0 Å². The van der Waals surface area contributed by atoms with Gasteiger partial charge < -0.3 is 14.6 Å². The molecule has 5 heteroatoms. The van der Waals surface area contributed by atoms with Crippen molar-refractivity contribution in [3.8, 4) is 11.5 Å². The van der Waals surface area contributed by atoms with Crippen LogP contribution in [0.15, 0.2) is 42.5 Å². The van der Waals surface area contributed by atoms with Crippen molar-refractivity contribution in [3.63, 3.8) is 0 Å². The fraction of sp³-hybridized carbons (Fsp3) is 0.458. The van der Waals surface area contributed by atoms with Crippen LogP contribution in [-0.4, -0.2) is 48.8 Å². The van der Waals surface area contributed by atoms with Gasteiger partial charge in [0.1, 0.15) is 18.1 Å². The Hall–Kier alpha value is -2.53. The van der Waals surface area contributed by atoms with Crippen molar-refractivity contribution in [1.29, 1.82) is 0 Å². The second-order valence-electron chi connectivity index (χ2n) is 7.61. The van der Waals surface area contributed by atoms with Crippen LogP contribution in [0, 0.1) is 12.0 Å². The molecule has 5 nitrogen and oxygen atoms in total. The zero-order valence-corrected chi connectivity index (χ0v) is 17.1. The Labute approximate surface area is 173 Å². The second kappa shape index (κ2) is 10.9. The molecule has 29 heavy (non-hydrogen) atoms. The Bertz CT molecular complexity index is 769. The fourth-order valence-electron chi connectivity index (χ4n) is 3.40. The summed E-state index contributed by atoms with van der Waals surface area (Å²) in [4.78, 5) is 13.3. The van der Waals surface area contributed by atoms with Gasteiger partial charge in [-0.3, -0.25) is 9.69 Å². The SMILES string of the molecule is CC(CCOc1ccc(Cc2[c]cccc2OCCN2CCCC2)cc1)C(=O)O. The summed E-state index contributed by atoms with van der Waals surface area (Å²) in [5, 5.41) is 8.92. The van der Waals surface area contributed by atoms with Crippen LogP contribution in [0.2, 0.25) is 0 Å². The average molecular weight is 397 g/mol. The minimum absolute atomic E-state index is 0.396. The van der Waals surface area contributed by atoms with Crippen LogP contribution in [0.5, 0.6) is 11.5 Å². The molecule has 0 aromatic heterocycles. The summed E-state index contributed by atoms with van der Waals surface area (Å²) in [6.07, 6.45) is 3.83. The topological polar surface area (TPSA) is 59.0 Å². The molecule has 0 aliphatic carbocycles. The number of likely N-dealkylation sites (tertiary alicyclic amines) is 1. The van der Waals surface area contributed by atoms with Gasteiger partial charge in [0.05, 0.1) is 12.5 Å². The first-order chi connectivity index (χ1) is 14.1. The van der Waals surface area contributed by atoms with E-state index < -0.39 is 11.9 Å². The van der Waals surface area contributed by atoms with Gasteiger partial charge in [0.15, 0.2) is 0 Å².